The van der Waals surface area contributed by atoms with Crippen LogP contribution in [0.1, 0.15) is 33.5 Å². The van der Waals surface area contributed by atoms with E-state index in [0.29, 0.717) is 16.7 Å². The third-order valence-corrected chi connectivity index (χ3v) is 5.52. The lowest BCUT2D eigenvalue weighted by Gasteiger charge is -2.17. The van der Waals surface area contributed by atoms with Crippen LogP contribution in [0.25, 0.3) is 11.0 Å². The molecule has 0 fully saturated rings. The molecule has 1 atom stereocenters. The van der Waals surface area contributed by atoms with Gasteiger partial charge in [-0.2, -0.15) is 0 Å². The third-order valence-electron chi connectivity index (χ3n) is 5.52. The first-order chi connectivity index (χ1) is 16.4. The van der Waals surface area contributed by atoms with Gasteiger partial charge in [-0.25, -0.2) is 9.78 Å². The van der Waals surface area contributed by atoms with Gasteiger partial charge in [-0.1, -0.05) is 18.2 Å². The summed E-state index contributed by atoms with van der Waals surface area (Å²) >= 11 is 0. The quantitative estimate of drug-likeness (QED) is 0.377. The van der Waals surface area contributed by atoms with Gasteiger partial charge in [0.25, 0.3) is 5.91 Å². The molecule has 0 saturated carbocycles. The molecule has 0 aliphatic rings. The highest BCUT2D eigenvalue weighted by Crippen LogP contribution is 2.32. The number of rotatable bonds is 8. The van der Waals surface area contributed by atoms with Gasteiger partial charge in [0.05, 0.1) is 38.1 Å². The Labute approximate surface area is 196 Å². The normalized spacial score (nSPS) is 11.8. The summed E-state index contributed by atoms with van der Waals surface area (Å²) in [5, 5.41) is 6.82. The number of aromatic nitrogens is 2. The molecule has 0 bridgehead atoms. The van der Waals surface area contributed by atoms with Crippen LogP contribution in [0.4, 0.5) is 11.4 Å². The van der Waals surface area contributed by atoms with E-state index in [4.69, 9.17) is 13.9 Å². The summed E-state index contributed by atoms with van der Waals surface area (Å²) in [6.07, 6.45) is 3.83. The van der Waals surface area contributed by atoms with E-state index in [1.54, 1.807) is 37.1 Å². The topological polar surface area (TPSA) is 108 Å². The molecule has 3 heterocycles. The lowest BCUT2D eigenvalue weighted by Crippen LogP contribution is -2.18. The SMILES string of the molecule is COC(=O)c1c(NC(=O)c2ccco2)c2cc(N[C@H](C)Cc3ccccc3OC)cnc2n1C. The number of aryl methyl sites for hydroxylation is 1. The van der Waals surface area contributed by atoms with E-state index >= 15 is 0 Å². The number of esters is 1. The summed E-state index contributed by atoms with van der Waals surface area (Å²) in [4.78, 5) is 29.8. The number of benzene rings is 1. The molecule has 4 aromatic rings. The number of hydrogen-bond acceptors (Lipinski definition) is 7. The summed E-state index contributed by atoms with van der Waals surface area (Å²) in [6.45, 7) is 2.06. The number of para-hydroxylation sites is 1. The van der Waals surface area contributed by atoms with Crippen molar-refractivity contribution in [3.63, 3.8) is 0 Å². The molecule has 1 aromatic carbocycles. The summed E-state index contributed by atoms with van der Waals surface area (Å²) in [5.41, 5.74) is 2.84. The zero-order chi connectivity index (χ0) is 24.2. The Kier molecular flexibility index (Phi) is 6.53. The number of fused-ring (bicyclic) bond motifs is 1. The van der Waals surface area contributed by atoms with Crippen LogP contribution in [0.2, 0.25) is 0 Å². The van der Waals surface area contributed by atoms with Crippen molar-refractivity contribution in [1.82, 2.24) is 9.55 Å². The molecule has 0 aliphatic carbocycles. The molecular weight excluding hydrogens is 436 g/mol. The van der Waals surface area contributed by atoms with Gasteiger partial charge in [-0.05, 0) is 43.2 Å². The zero-order valence-electron chi connectivity index (χ0n) is 19.4. The van der Waals surface area contributed by atoms with E-state index in [1.165, 1.54) is 13.4 Å². The Morgan fingerprint density at radius 3 is 2.68 bits per heavy atom. The highest BCUT2D eigenvalue weighted by Gasteiger charge is 2.25. The van der Waals surface area contributed by atoms with Gasteiger partial charge in [-0.15, -0.1) is 0 Å². The van der Waals surface area contributed by atoms with Crippen LogP contribution >= 0.6 is 0 Å². The maximum absolute atomic E-state index is 12.7. The number of anilines is 2. The second-order valence-corrected chi connectivity index (χ2v) is 7.86. The average Bonchev–Trinajstić information content (AvgIpc) is 3.46. The van der Waals surface area contributed by atoms with Crippen molar-refractivity contribution in [2.24, 2.45) is 7.05 Å². The summed E-state index contributed by atoms with van der Waals surface area (Å²) < 4.78 is 17.2. The third kappa shape index (κ3) is 4.45. The molecule has 0 saturated heterocycles. The lowest BCUT2D eigenvalue weighted by molar-refractivity contribution is 0.0591. The fraction of sp³-hybridized carbons (Fsp3) is 0.240. The van der Waals surface area contributed by atoms with Crippen molar-refractivity contribution in [2.45, 2.75) is 19.4 Å². The Morgan fingerprint density at radius 1 is 1.18 bits per heavy atom. The van der Waals surface area contributed by atoms with E-state index in [9.17, 15) is 9.59 Å². The van der Waals surface area contributed by atoms with Crippen molar-refractivity contribution in [2.75, 3.05) is 24.9 Å². The molecule has 0 radical (unpaired) electrons. The summed E-state index contributed by atoms with van der Waals surface area (Å²) in [6, 6.07) is 12.9. The number of nitrogens with one attached hydrogen (secondary N) is 2. The first kappa shape index (κ1) is 22.9. The summed E-state index contributed by atoms with van der Waals surface area (Å²) in [5.74, 6) is -0.112. The van der Waals surface area contributed by atoms with Crippen molar-refractivity contribution < 1.29 is 23.5 Å². The number of methoxy groups -OCH3 is 2. The number of hydrogen-bond donors (Lipinski definition) is 2. The number of carbonyl (C=O) groups excluding carboxylic acids is 2. The average molecular weight is 463 g/mol. The van der Waals surface area contributed by atoms with Crippen LogP contribution in [0.3, 0.4) is 0 Å². The van der Waals surface area contributed by atoms with Gasteiger partial charge in [-0.3, -0.25) is 4.79 Å². The molecule has 9 nitrogen and oxygen atoms in total. The fourth-order valence-corrected chi connectivity index (χ4v) is 3.97. The predicted octanol–water partition coefficient (Wildman–Crippen LogP) is 4.26. The fourth-order valence-electron chi connectivity index (χ4n) is 3.97. The van der Waals surface area contributed by atoms with Crippen molar-refractivity contribution in [3.05, 3.63) is 71.9 Å². The van der Waals surface area contributed by atoms with Crippen LogP contribution in [-0.4, -0.2) is 41.7 Å². The molecule has 4 rings (SSSR count). The van der Waals surface area contributed by atoms with Gasteiger partial charge in [0.2, 0.25) is 0 Å². The number of amides is 1. The lowest BCUT2D eigenvalue weighted by atomic mass is 10.1. The molecule has 9 heteroatoms. The number of pyridine rings is 1. The number of furan rings is 1. The minimum Gasteiger partial charge on any atom is -0.496 e. The van der Waals surface area contributed by atoms with E-state index in [2.05, 4.69) is 22.5 Å². The van der Waals surface area contributed by atoms with Gasteiger partial charge < -0.3 is 29.1 Å². The van der Waals surface area contributed by atoms with Crippen LogP contribution in [0.5, 0.6) is 5.75 Å². The molecule has 1 amide bonds. The summed E-state index contributed by atoms with van der Waals surface area (Å²) in [7, 11) is 4.64. The van der Waals surface area contributed by atoms with E-state index in [1.807, 2.05) is 30.3 Å². The maximum Gasteiger partial charge on any atom is 0.356 e. The molecule has 3 aromatic heterocycles. The molecule has 0 aliphatic heterocycles. The largest absolute Gasteiger partial charge is 0.496 e. The maximum atomic E-state index is 12.7. The first-order valence-corrected chi connectivity index (χ1v) is 10.7. The standard InChI is InChI=1S/C25H26N4O5/c1-15(12-16-8-5-6-9-19(16)32-3)27-17-13-18-21(28-24(30)20-10-7-11-34-20)22(25(31)33-4)29(2)23(18)26-14-17/h5-11,13-15,27H,12H2,1-4H3,(H,28,30)/t15-/m1/s1. The van der Waals surface area contributed by atoms with E-state index in [-0.39, 0.29) is 17.5 Å². The van der Waals surface area contributed by atoms with E-state index < -0.39 is 11.9 Å². The molecular formula is C25H26N4O5. The molecule has 0 unspecified atom stereocenters. The monoisotopic (exact) mass is 462 g/mol. The molecule has 176 valence electrons. The van der Waals surface area contributed by atoms with Crippen molar-refractivity contribution in [3.8, 4) is 5.75 Å². The van der Waals surface area contributed by atoms with Crippen LogP contribution in [-0.2, 0) is 18.2 Å². The Bertz CT molecular complexity index is 1330. The highest BCUT2D eigenvalue weighted by molar-refractivity contribution is 6.14. The number of ether oxygens (including phenoxy) is 2. The van der Waals surface area contributed by atoms with Gasteiger partial charge in [0.1, 0.15) is 11.4 Å². The van der Waals surface area contributed by atoms with Gasteiger partial charge >= 0.3 is 5.97 Å². The number of nitrogens with zero attached hydrogens (tertiary/aromatic N) is 2. The Morgan fingerprint density at radius 2 is 1.97 bits per heavy atom. The van der Waals surface area contributed by atoms with Crippen molar-refractivity contribution >= 4 is 34.3 Å². The zero-order valence-corrected chi connectivity index (χ0v) is 19.4. The van der Waals surface area contributed by atoms with Crippen molar-refractivity contribution in [1.29, 1.82) is 0 Å². The Balaban J connectivity index is 1.67. The van der Waals surface area contributed by atoms with Gasteiger partial charge in [0.15, 0.2) is 11.5 Å². The minimum absolute atomic E-state index is 0.0560. The first-order valence-electron chi connectivity index (χ1n) is 10.7. The molecule has 2 N–H and O–H groups in total. The smallest absolute Gasteiger partial charge is 0.356 e. The van der Waals surface area contributed by atoms with Crippen LogP contribution in [0, 0.1) is 0 Å². The molecule has 0 spiro atoms. The van der Waals surface area contributed by atoms with E-state index in [0.717, 1.165) is 23.4 Å². The second-order valence-electron chi connectivity index (χ2n) is 7.86. The highest BCUT2D eigenvalue weighted by atomic mass is 16.5. The van der Waals surface area contributed by atoms with Crippen LogP contribution < -0.4 is 15.4 Å². The number of carbonyl (C=O) groups is 2. The second kappa shape index (κ2) is 9.70. The minimum atomic E-state index is -0.589. The predicted molar refractivity (Wildman–Crippen MR) is 128 cm³/mol. The van der Waals surface area contributed by atoms with Gasteiger partial charge in [0, 0.05) is 18.5 Å². The Hall–Kier alpha value is -4.27. The van der Waals surface area contributed by atoms with Crippen LogP contribution in [0.15, 0.2) is 59.3 Å². The molecule has 34 heavy (non-hydrogen) atoms.